The van der Waals surface area contributed by atoms with Crippen LogP contribution in [-0.2, 0) is 11.8 Å². The summed E-state index contributed by atoms with van der Waals surface area (Å²) in [5.74, 6) is 0.0983. The summed E-state index contributed by atoms with van der Waals surface area (Å²) >= 11 is 1.29. The summed E-state index contributed by atoms with van der Waals surface area (Å²) in [6.45, 7) is 3.50. The van der Waals surface area contributed by atoms with Crippen LogP contribution >= 0.6 is 11.3 Å². The van der Waals surface area contributed by atoms with E-state index in [9.17, 15) is 19.8 Å². The molecular weight excluding hydrogens is 556 g/mol. The number of aromatic nitrogens is 3. The molecule has 1 aliphatic heterocycles. The predicted octanol–water partition coefficient (Wildman–Crippen LogP) is 4.26. The van der Waals surface area contributed by atoms with Crippen LogP contribution in [0.4, 0.5) is 11.4 Å². The molecule has 42 heavy (non-hydrogen) atoms. The van der Waals surface area contributed by atoms with Crippen LogP contribution in [0.5, 0.6) is 17.2 Å². The highest BCUT2D eigenvalue weighted by Gasteiger charge is 2.20. The average molecular weight is 583 g/mol. The Hall–Kier alpha value is -5.36. The van der Waals surface area contributed by atoms with Crippen LogP contribution in [0.2, 0.25) is 0 Å². The molecule has 12 heteroatoms. The van der Waals surface area contributed by atoms with Gasteiger partial charge in [-0.2, -0.15) is 5.10 Å². The van der Waals surface area contributed by atoms with E-state index >= 15 is 0 Å². The van der Waals surface area contributed by atoms with Crippen molar-refractivity contribution in [3.05, 3.63) is 98.5 Å². The first kappa shape index (κ1) is 26.8. The van der Waals surface area contributed by atoms with Crippen molar-refractivity contribution in [2.24, 2.45) is 17.1 Å². The third kappa shape index (κ3) is 4.77. The van der Waals surface area contributed by atoms with Crippen LogP contribution in [0, 0.1) is 6.92 Å². The fourth-order valence-electron chi connectivity index (χ4n) is 4.72. The molecule has 5 aromatic rings. The van der Waals surface area contributed by atoms with Crippen LogP contribution in [0.1, 0.15) is 18.2 Å². The lowest BCUT2D eigenvalue weighted by molar-refractivity contribution is -0.118. The highest BCUT2D eigenvalue weighted by molar-refractivity contribution is 7.07. The highest BCUT2D eigenvalue weighted by Crippen LogP contribution is 2.33. The number of fused-ring (bicyclic) bond motifs is 1. The van der Waals surface area contributed by atoms with Gasteiger partial charge in [0.2, 0.25) is 4.80 Å². The number of carbonyl (C=O) groups excluding carboxylic acids is 1. The molecule has 3 N–H and O–H groups in total. The standard InChI is InChI=1S/C30H26N6O5S/c1-17(22-11-10-21(37)14-25(22)38)33-35-24(19-9-12-26-23(13-19)31-27(39)15-41-26)16-42-30(35)32-28-18(2)34(3)36(29(28)40)20-7-5-4-6-8-20/h4-14,16,37-38H,15H2,1-3H3,(H,31,39). The molecule has 0 saturated heterocycles. The van der Waals surface area contributed by atoms with Crippen LogP contribution in [-0.4, -0.2) is 42.5 Å². The molecule has 11 nitrogen and oxygen atoms in total. The minimum Gasteiger partial charge on any atom is -0.508 e. The summed E-state index contributed by atoms with van der Waals surface area (Å²) in [5.41, 5.74) is 4.09. The van der Waals surface area contributed by atoms with Crippen molar-refractivity contribution in [1.29, 1.82) is 0 Å². The number of anilines is 1. The number of rotatable bonds is 5. The number of nitrogens with zero attached hydrogens (tertiary/aromatic N) is 5. The maximum Gasteiger partial charge on any atom is 0.297 e. The minimum atomic E-state index is -0.284. The number of aromatic hydroxyl groups is 2. The molecule has 3 aromatic carbocycles. The Kier molecular flexibility index (Phi) is 6.75. The quantitative estimate of drug-likeness (QED) is 0.266. The number of nitrogens with one attached hydrogen (secondary N) is 1. The Balaban J connectivity index is 1.56. The van der Waals surface area contributed by atoms with Crippen molar-refractivity contribution in [3.8, 4) is 34.2 Å². The van der Waals surface area contributed by atoms with Gasteiger partial charge in [0.15, 0.2) is 12.3 Å². The zero-order valence-corrected chi connectivity index (χ0v) is 23.7. The van der Waals surface area contributed by atoms with Crippen LogP contribution in [0.15, 0.2) is 87.0 Å². The highest BCUT2D eigenvalue weighted by atomic mass is 32.1. The van der Waals surface area contributed by atoms with Gasteiger partial charge in [-0.05, 0) is 56.3 Å². The number of amides is 1. The molecule has 6 rings (SSSR count). The summed E-state index contributed by atoms with van der Waals surface area (Å²) < 4.78 is 10.4. The Morgan fingerprint density at radius 1 is 1.05 bits per heavy atom. The smallest absolute Gasteiger partial charge is 0.297 e. The fraction of sp³-hybridized carbons (Fsp3) is 0.133. The first-order valence-corrected chi connectivity index (χ1v) is 13.8. The second kappa shape index (κ2) is 10.6. The number of phenolic OH excluding ortho intramolecular Hbond substituents is 2. The molecular formula is C30H26N6O5S. The third-order valence-electron chi connectivity index (χ3n) is 6.95. The molecule has 0 fully saturated rings. The van der Waals surface area contributed by atoms with Crippen molar-refractivity contribution in [2.75, 3.05) is 11.9 Å². The predicted molar refractivity (Wildman–Crippen MR) is 160 cm³/mol. The zero-order chi connectivity index (χ0) is 29.5. The Labute approximate surface area is 243 Å². The van der Waals surface area contributed by atoms with E-state index < -0.39 is 0 Å². The van der Waals surface area contributed by atoms with Gasteiger partial charge in [0, 0.05) is 29.6 Å². The van der Waals surface area contributed by atoms with E-state index in [0.717, 1.165) is 5.56 Å². The van der Waals surface area contributed by atoms with E-state index in [4.69, 9.17) is 14.8 Å². The van der Waals surface area contributed by atoms with Gasteiger partial charge in [-0.15, -0.1) is 11.3 Å². The molecule has 2 aromatic heterocycles. The van der Waals surface area contributed by atoms with Crippen LogP contribution in [0.3, 0.4) is 0 Å². The van der Waals surface area contributed by atoms with E-state index in [0.29, 0.717) is 44.6 Å². The summed E-state index contributed by atoms with van der Waals surface area (Å²) in [7, 11) is 1.80. The number of benzene rings is 3. The van der Waals surface area contributed by atoms with E-state index in [1.807, 2.05) is 48.7 Å². The summed E-state index contributed by atoms with van der Waals surface area (Å²) in [6.07, 6.45) is 0. The molecule has 0 radical (unpaired) electrons. The maximum atomic E-state index is 13.6. The molecule has 0 unspecified atom stereocenters. The molecule has 0 bridgehead atoms. The zero-order valence-electron chi connectivity index (χ0n) is 22.9. The third-order valence-corrected chi connectivity index (χ3v) is 7.76. The summed E-state index contributed by atoms with van der Waals surface area (Å²) in [6, 6.07) is 19.0. The van der Waals surface area contributed by atoms with Gasteiger partial charge in [-0.25, -0.2) is 14.4 Å². The Morgan fingerprint density at radius 2 is 1.83 bits per heavy atom. The number of phenols is 2. The van der Waals surface area contributed by atoms with Crippen molar-refractivity contribution < 1.29 is 19.7 Å². The monoisotopic (exact) mass is 582 g/mol. The lowest BCUT2D eigenvalue weighted by Gasteiger charge is -2.18. The Bertz CT molecular complexity index is 2020. The molecule has 0 atom stereocenters. The first-order chi connectivity index (χ1) is 20.2. The molecule has 3 heterocycles. The number of hydrogen-bond acceptors (Lipinski definition) is 8. The van der Waals surface area contributed by atoms with Gasteiger partial charge in [0.1, 0.15) is 17.2 Å². The van der Waals surface area contributed by atoms with E-state index in [2.05, 4.69) is 5.32 Å². The molecule has 1 aliphatic rings. The topological polar surface area (TPSA) is 135 Å². The van der Waals surface area contributed by atoms with Crippen LogP contribution < -0.4 is 20.4 Å². The Morgan fingerprint density at radius 3 is 2.60 bits per heavy atom. The number of para-hydroxylation sites is 1. The average Bonchev–Trinajstić information content (AvgIpc) is 3.46. The van der Waals surface area contributed by atoms with Crippen molar-refractivity contribution in [3.63, 3.8) is 0 Å². The van der Waals surface area contributed by atoms with Gasteiger partial charge >= 0.3 is 0 Å². The lowest BCUT2D eigenvalue weighted by Crippen LogP contribution is -2.25. The largest absolute Gasteiger partial charge is 0.508 e. The lowest BCUT2D eigenvalue weighted by atomic mass is 10.1. The van der Waals surface area contributed by atoms with Gasteiger partial charge < -0.3 is 20.3 Å². The van der Waals surface area contributed by atoms with E-state index in [1.165, 1.54) is 23.5 Å². The maximum absolute atomic E-state index is 13.6. The van der Waals surface area contributed by atoms with E-state index in [-0.39, 0.29) is 35.3 Å². The number of thiazole rings is 1. The second-order valence-corrected chi connectivity index (χ2v) is 10.5. The summed E-state index contributed by atoms with van der Waals surface area (Å²) in [5, 5.41) is 29.7. The molecule has 0 spiro atoms. The second-order valence-electron chi connectivity index (χ2n) is 9.67. The van der Waals surface area contributed by atoms with Crippen molar-refractivity contribution in [1.82, 2.24) is 14.0 Å². The van der Waals surface area contributed by atoms with Crippen molar-refractivity contribution in [2.45, 2.75) is 13.8 Å². The SMILES string of the molecule is CC(=Nn1c(-c2ccc3c(c2)NC(=O)CO3)csc1=Nc1c(C)n(C)n(-c2ccccc2)c1=O)c1ccc(O)cc1O. The van der Waals surface area contributed by atoms with Crippen LogP contribution in [0.25, 0.3) is 16.9 Å². The van der Waals surface area contributed by atoms with Gasteiger partial charge in [0.25, 0.3) is 11.5 Å². The molecule has 212 valence electrons. The first-order valence-electron chi connectivity index (χ1n) is 13.0. The number of hydrogen-bond donors (Lipinski definition) is 3. The van der Waals surface area contributed by atoms with Gasteiger partial charge in [-0.3, -0.25) is 14.3 Å². The minimum absolute atomic E-state index is 0.0512. The van der Waals surface area contributed by atoms with Gasteiger partial charge in [0.05, 0.1) is 28.5 Å². The molecule has 0 aliphatic carbocycles. The molecule has 0 saturated carbocycles. The van der Waals surface area contributed by atoms with Gasteiger partial charge in [-0.1, -0.05) is 18.2 Å². The molecule has 1 amide bonds. The number of carbonyl (C=O) groups is 1. The summed E-state index contributed by atoms with van der Waals surface area (Å²) in [4.78, 5) is 30.8. The van der Waals surface area contributed by atoms with E-state index in [1.54, 1.807) is 46.2 Å². The number of ether oxygens (including phenoxy) is 1. The fourth-order valence-corrected chi connectivity index (χ4v) is 5.56. The van der Waals surface area contributed by atoms with Crippen molar-refractivity contribution >= 4 is 34.3 Å². The normalized spacial score (nSPS) is 13.5.